The van der Waals surface area contributed by atoms with E-state index in [1.807, 2.05) is 18.2 Å². The van der Waals surface area contributed by atoms with Crippen molar-refractivity contribution < 1.29 is 9.53 Å². The van der Waals surface area contributed by atoms with E-state index in [-0.39, 0.29) is 17.6 Å². The number of carbonyl (C=O) groups excluding carboxylic acids is 1. The van der Waals surface area contributed by atoms with Crippen molar-refractivity contribution in [2.45, 2.75) is 39.0 Å². The maximum Gasteiger partial charge on any atom is 0.141 e. The topological polar surface area (TPSA) is 55.0 Å². The highest BCUT2D eigenvalue weighted by molar-refractivity contribution is 6.30. The molecule has 0 unspecified atom stereocenters. The zero-order valence-electron chi connectivity index (χ0n) is 15.5. The summed E-state index contributed by atoms with van der Waals surface area (Å²) in [5, 5.41) is 0.599. The van der Waals surface area contributed by atoms with Crippen LogP contribution in [0.25, 0.3) is 11.0 Å². The number of benzene rings is 2. The van der Waals surface area contributed by atoms with E-state index in [4.69, 9.17) is 16.3 Å². The van der Waals surface area contributed by atoms with Crippen molar-refractivity contribution in [3.8, 4) is 5.75 Å². The summed E-state index contributed by atoms with van der Waals surface area (Å²) in [5.41, 5.74) is 3.61. The van der Waals surface area contributed by atoms with E-state index in [1.54, 1.807) is 25.3 Å². The SMILES string of the molecule is COc1ccc(Cl)cc1CC(=O)Cc1ccc2nc(C(C)(C)C)[nH]c2c1. The number of aromatic nitrogens is 2. The van der Waals surface area contributed by atoms with Crippen LogP contribution in [0.5, 0.6) is 5.75 Å². The van der Waals surface area contributed by atoms with Crippen molar-refractivity contribution in [1.82, 2.24) is 9.97 Å². The monoisotopic (exact) mass is 370 g/mol. The molecule has 0 atom stereocenters. The lowest BCUT2D eigenvalue weighted by atomic mass is 9.96. The van der Waals surface area contributed by atoms with Gasteiger partial charge in [-0.2, -0.15) is 0 Å². The molecule has 0 aliphatic rings. The normalized spacial score (nSPS) is 11.7. The molecule has 0 radical (unpaired) electrons. The van der Waals surface area contributed by atoms with Crippen LogP contribution >= 0.6 is 11.6 Å². The van der Waals surface area contributed by atoms with E-state index in [0.717, 1.165) is 28.0 Å². The molecule has 26 heavy (non-hydrogen) atoms. The number of nitrogens with one attached hydrogen (secondary N) is 1. The molecule has 4 nitrogen and oxygen atoms in total. The number of H-pyrrole nitrogens is 1. The Kier molecular flexibility index (Phi) is 5.05. The van der Waals surface area contributed by atoms with Gasteiger partial charge in [0.15, 0.2) is 0 Å². The van der Waals surface area contributed by atoms with Crippen LogP contribution in [-0.4, -0.2) is 22.9 Å². The molecule has 1 N–H and O–H groups in total. The quantitative estimate of drug-likeness (QED) is 0.696. The summed E-state index contributed by atoms with van der Waals surface area (Å²) >= 11 is 6.04. The number of ether oxygens (including phenoxy) is 1. The Morgan fingerprint density at radius 1 is 1.15 bits per heavy atom. The number of nitrogens with zero attached hydrogens (tertiary/aromatic N) is 1. The second-order valence-corrected chi connectivity index (χ2v) is 7.97. The van der Waals surface area contributed by atoms with Crippen LogP contribution < -0.4 is 4.74 Å². The van der Waals surface area contributed by atoms with Gasteiger partial charge in [-0.3, -0.25) is 4.79 Å². The number of carbonyl (C=O) groups is 1. The Morgan fingerprint density at radius 3 is 2.62 bits per heavy atom. The van der Waals surface area contributed by atoms with Crippen molar-refractivity contribution in [1.29, 1.82) is 0 Å². The molecule has 0 saturated heterocycles. The van der Waals surface area contributed by atoms with Crippen LogP contribution in [0.3, 0.4) is 0 Å². The Bertz CT molecular complexity index is 954. The van der Waals surface area contributed by atoms with Crippen molar-refractivity contribution in [3.63, 3.8) is 0 Å². The number of Topliss-reactive ketones (excluding diaryl/α,β-unsaturated/α-hetero) is 1. The summed E-state index contributed by atoms with van der Waals surface area (Å²) < 4.78 is 5.32. The Balaban J connectivity index is 1.78. The summed E-state index contributed by atoms with van der Waals surface area (Å²) in [4.78, 5) is 20.5. The van der Waals surface area contributed by atoms with Gasteiger partial charge < -0.3 is 9.72 Å². The van der Waals surface area contributed by atoms with Gasteiger partial charge >= 0.3 is 0 Å². The zero-order valence-corrected chi connectivity index (χ0v) is 16.3. The van der Waals surface area contributed by atoms with Crippen LogP contribution in [0.1, 0.15) is 37.7 Å². The minimum atomic E-state index is -0.0435. The fourth-order valence-electron chi connectivity index (χ4n) is 2.91. The second-order valence-electron chi connectivity index (χ2n) is 7.54. The third kappa shape index (κ3) is 4.07. The van der Waals surface area contributed by atoms with E-state index in [9.17, 15) is 4.79 Å². The van der Waals surface area contributed by atoms with E-state index in [1.165, 1.54) is 0 Å². The van der Waals surface area contributed by atoms with Crippen molar-refractivity contribution in [2.24, 2.45) is 0 Å². The first-order valence-electron chi connectivity index (χ1n) is 8.59. The van der Waals surface area contributed by atoms with Gasteiger partial charge in [0.2, 0.25) is 0 Å². The van der Waals surface area contributed by atoms with E-state index in [0.29, 0.717) is 17.2 Å². The Morgan fingerprint density at radius 2 is 1.92 bits per heavy atom. The molecule has 0 bridgehead atoms. The molecule has 5 heteroatoms. The fourth-order valence-corrected chi connectivity index (χ4v) is 3.10. The second kappa shape index (κ2) is 7.12. The Hall–Kier alpha value is -2.33. The summed E-state index contributed by atoms with van der Waals surface area (Å²) in [5.74, 6) is 1.74. The first kappa shape index (κ1) is 18.5. The summed E-state index contributed by atoms with van der Waals surface area (Å²) in [7, 11) is 1.59. The molecule has 1 heterocycles. The van der Waals surface area contributed by atoms with Crippen LogP contribution in [0, 0.1) is 0 Å². The predicted octanol–water partition coefficient (Wildman–Crippen LogP) is 4.88. The molecule has 0 amide bonds. The molecule has 0 spiro atoms. The van der Waals surface area contributed by atoms with E-state index in [2.05, 4.69) is 30.7 Å². The van der Waals surface area contributed by atoms with Crippen LogP contribution in [0.4, 0.5) is 0 Å². The van der Waals surface area contributed by atoms with Crippen molar-refractivity contribution in [2.75, 3.05) is 7.11 Å². The lowest BCUT2D eigenvalue weighted by Crippen LogP contribution is -2.12. The summed E-state index contributed by atoms with van der Waals surface area (Å²) in [6, 6.07) is 11.3. The van der Waals surface area contributed by atoms with Gasteiger partial charge in [-0.15, -0.1) is 0 Å². The van der Waals surface area contributed by atoms with E-state index < -0.39 is 0 Å². The average Bonchev–Trinajstić information content (AvgIpc) is 2.98. The van der Waals surface area contributed by atoms with Gasteiger partial charge in [0.05, 0.1) is 18.1 Å². The van der Waals surface area contributed by atoms with Crippen LogP contribution in [0.15, 0.2) is 36.4 Å². The molecule has 3 aromatic rings. The molecular weight excluding hydrogens is 348 g/mol. The highest BCUT2D eigenvalue weighted by Gasteiger charge is 2.18. The number of rotatable bonds is 5. The van der Waals surface area contributed by atoms with Crippen LogP contribution in [-0.2, 0) is 23.1 Å². The number of hydrogen-bond acceptors (Lipinski definition) is 3. The number of aromatic amines is 1. The molecule has 0 aliphatic heterocycles. The number of halogens is 1. The first-order chi connectivity index (χ1) is 12.3. The van der Waals surface area contributed by atoms with Crippen molar-refractivity contribution in [3.05, 3.63) is 58.4 Å². The summed E-state index contributed by atoms with van der Waals surface area (Å²) in [6.45, 7) is 6.36. The largest absolute Gasteiger partial charge is 0.496 e. The smallest absolute Gasteiger partial charge is 0.141 e. The Labute approximate surface area is 158 Å². The van der Waals surface area contributed by atoms with Gasteiger partial charge in [0.25, 0.3) is 0 Å². The molecule has 0 aliphatic carbocycles. The van der Waals surface area contributed by atoms with Gasteiger partial charge in [0, 0.05) is 28.8 Å². The number of imidazole rings is 1. The zero-order chi connectivity index (χ0) is 18.9. The maximum absolute atomic E-state index is 12.5. The number of methoxy groups -OCH3 is 1. The molecule has 136 valence electrons. The average molecular weight is 371 g/mol. The minimum absolute atomic E-state index is 0.0435. The van der Waals surface area contributed by atoms with E-state index >= 15 is 0 Å². The number of fused-ring (bicyclic) bond motifs is 1. The fraction of sp³-hybridized carbons (Fsp3) is 0.333. The minimum Gasteiger partial charge on any atom is -0.496 e. The molecule has 2 aromatic carbocycles. The molecule has 0 saturated carbocycles. The van der Waals surface area contributed by atoms with Crippen LogP contribution in [0.2, 0.25) is 5.02 Å². The maximum atomic E-state index is 12.5. The molecular formula is C21H23ClN2O2. The number of ketones is 1. The molecule has 0 fully saturated rings. The number of hydrogen-bond donors (Lipinski definition) is 1. The highest BCUT2D eigenvalue weighted by Crippen LogP contribution is 2.25. The lowest BCUT2D eigenvalue weighted by Gasteiger charge is -2.13. The van der Waals surface area contributed by atoms with Gasteiger partial charge in [-0.1, -0.05) is 38.4 Å². The molecule has 3 rings (SSSR count). The van der Waals surface area contributed by atoms with Gasteiger partial charge in [-0.05, 0) is 35.9 Å². The summed E-state index contributed by atoms with van der Waals surface area (Å²) in [6.07, 6.45) is 0.646. The lowest BCUT2D eigenvalue weighted by molar-refractivity contribution is -0.117. The van der Waals surface area contributed by atoms with Gasteiger partial charge in [0.1, 0.15) is 17.4 Å². The third-order valence-electron chi connectivity index (χ3n) is 4.29. The highest BCUT2D eigenvalue weighted by atomic mass is 35.5. The van der Waals surface area contributed by atoms with Crippen molar-refractivity contribution >= 4 is 28.4 Å². The van der Waals surface area contributed by atoms with Gasteiger partial charge in [-0.25, -0.2) is 4.98 Å². The predicted molar refractivity (Wildman–Crippen MR) is 105 cm³/mol. The standard InChI is InChI=1S/C21H23ClN2O2/c1-21(2,3)20-23-17-7-5-13(10-18(17)24-20)9-16(25)12-14-11-15(22)6-8-19(14)26-4/h5-8,10-11H,9,12H2,1-4H3,(H,23,24). The third-order valence-corrected chi connectivity index (χ3v) is 4.52. The first-order valence-corrected chi connectivity index (χ1v) is 8.97. The molecule has 1 aromatic heterocycles.